The standard InChI is InChI=1S/C7H5ClN2O2/c1-4-9-7(12-10-4)5-2-3-11-6(5)8/h2-3H,1H3. The van der Waals surface area contributed by atoms with Crippen molar-refractivity contribution in [2.45, 2.75) is 6.92 Å². The molecule has 0 aliphatic rings. The molecule has 0 aliphatic heterocycles. The van der Waals surface area contributed by atoms with Gasteiger partial charge < -0.3 is 8.94 Å². The maximum Gasteiger partial charge on any atom is 0.262 e. The van der Waals surface area contributed by atoms with Crippen LogP contribution >= 0.6 is 11.6 Å². The summed E-state index contributed by atoms with van der Waals surface area (Å²) in [5.74, 6) is 0.952. The van der Waals surface area contributed by atoms with Crippen LogP contribution in [0.4, 0.5) is 0 Å². The maximum absolute atomic E-state index is 5.69. The van der Waals surface area contributed by atoms with E-state index in [-0.39, 0.29) is 5.22 Å². The van der Waals surface area contributed by atoms with E-state index in [0.29, 0.717) is 17.3 Å². The lowest BCUT2D eigenvalue weighted by Crippen LogP contribution is -1.74. The summed E-state index contributed by atoms with van der Waals surface area (Å²) in [6.45, 7) is 1.74. The van der Waals surface area contributed by atoms with Gasteiger partial charge in [-0.05, 0) is 24.6 Å². The van der Waals surface area contributed by atoms with Gasteiger partial charge in [0.15, 0.2) is 5.82 Å². The van der Waals surface area contributed by atoms with Gasteiger partial charge in [-0.15, -0.1) is 0 Å². The Morgan fingerprint density at radius 1 is 1.50 bits per heavy atom. The van der Waals surface area contributed by atoms with Gasteiger partial charge in [0.25, 0.3) is 5.89 Å². The van der Waals surface area contributed by atoms with Crippen LogP contribution in [0.3, 0.4) is 0 Å². The summed E-state index contributed by atoms with van der Waals surface area (Å²) in [5, 5.41) is 3.89. The molecule has 0 N–H and O–H groups in total. The van der Waals surface area contributed by atoms with Crippen molar-refractivity contribution in [3.63, 3.8) is 0 Å². The fraction of sp³-hybridized carbons (Fsp3) is 0.143. The molecule has 0 saturated heterocycles. The van der Waals surface area contributed by atoms with Crippen molar-refractivity contribution in [2.75, 3.05) is 0 Å². The van der Waals surface area contributed by atoms with Gasteiger partial charge in [0.1, 0.15) is 0 Å². The third-order valence-electron chi connectivity index (χ3n) is 1.38. The summed E-state index contributed by atoms with van der Waals surface area (Å²) >= 11 is 5.69. The van der Waals surface area contributed by atoms with Crippen LogP contribution in [0.2, 0.25) is 5.22 Å². The molecule has 2 rings (SSSR count). The highest BCUT2D eigenvalue weighted by molar-refractivity contribution is 6.31. The molecule has 2 aromatic rings. The molecule has 5 heteroatoms. The molecule has 12 heavy (non-hydrogen) atoms. The number of hydrogen-bond donors (Lipinski definition) is 0. The summed E-state index contributed by atoms with van der Waals surface area (Å²) in [6, 6.07) is 1.68. The summed E-state index contributed by atoms with van der Waals surface area (Å²) in [6.07, 6.45) is 1.47. The Bertz CT molecular complexity index is 394. The Morgan fingerprint density at radius 2 is 2.33 bits per heavy atom. The average Bonchev–Trinajstić information content (AvgIpc) is 2.58. The van der Waals surface area contributed by atoms with Crippen LogP contribution in [0.25, 0.3) is 11.5 Å². The largest absolute Gasteiger partial charge is 0.452 e. The first-order valence-electron chi connectivity index (χ1n) is 3.31. The van der Waals surface area contributed by atoms with Gasteiger partial charge in [0.05, 0.1) is 11.8 Å². The first-order chi connectivity index (χ1) is 5.77. The molecule has 0 radical (unpaired) electrons. The lowest BCUT2D eigenvalue weighted by Gasteiger charge is -1.84. The number of furan rings is 1. The van der Waals surface area contributed by atoms with Gasteiger partial charge >= 0.3 is 0 Å². The van der Waals surface area contributed by atoms with Crippen LogP contribution in [0.1, 0.15) is 5.82 Å². The van der Waals surface area contributed by atoms with Crippen LogP contribution in [0.5, 0.6) is 0 Å². The molecule has 0 aliphatic carbocycles. The zero-order chi connectivity index (χ0) is 8.55. The smallest absolute Gasteiger partial charge is 0.262 e. The molecule has 2 heterocycles. The Balaban J connectivity index is 2.50. The summed E-state index contributed by atoms with van der Waals surface area (Å²) in [4.78, 5) is 3.99. The molecule has 0 fully saturated rings. The molecular weight excluding hydrogens is 180 g/mol. The van der Waals surface area contributed by atoms with Gasteiger partial charge in [-0.2, -0.15) is 4.98 Å². The second-order valence-corrected chi connectivity index (χ2v) is 2.60. The zero-order valence-corrected chi connectivity index (χ0v) is 7.00. The van der Waals surface area contributed by atoms with Gasteiger partial charge in [-0.25, -0.2) is 0 Å². The quantitative estimate of drug-likeness (QED) is 0.682. The molecule has 62 valence electrons. The molecule has 0 amide bonds. The van der Waals surface area contributed by atoms with Gasteiger partial charge in [-0.3, -0.25) is 0 Å². The van der Waals surface area contributed by atoms with Crippen molar-refractivity contribution in [1.82, 2.24) is 10.1 Å². The Kier molecular flexibility index (Phi) is 1.62. The van der Waals surface area contributed by atoms with Crippen LogP contribution in [0.15, 0.2) is 21.3 Å². The SMILES string of the molecule is Cc1noc(-c2ccoc2Cl)n1. The van der Waals surface area contributed by atoms with Crippen molar-refractivity contribution in [2.24, 2.45) is 0 Å². The third kappa shape index (κ3) is 1.10. The first-order valence-corrected chi connectivity index (χ1v) is 3.69. The molecule has 0 unspecified atom stereocenters. The number of hydrogen-bond acceptors (Lipinski definition) is 4. The van der Waals surface area contributed by atoms with Crippen LogP contribution in [-0.4, -0.2) is 10.1 Å². The van der Waals surface area contributed by atoms with E-state index < -0.39 is 0 Å². The molecule has 0 atom stereocenters. The number of aryl methyl sites for hydroxylation is 1. The first kappa shape index (κ1) is 7.36. The number of aromatic nitrogens is 2. The van der Waals surface area contributed by atoms with E-state index in [9.17, 15) is 0 Å². The van der Waals surface area contributed by atoms with Crippen molar-refractivity contribution < 1.29 is 8.94 Å². The van der Waals surface area contributed by atoms with E-state index in [1.54, 1.807) is 13.0 Å². The van der Waals surface area contributed by atoms with E-state index in [0.717, 1.165) is 0 Å². The number of rotatable bonds is 1. The normalized spacial score (nSPS) is 10.5. The molecule has 4 nitrogen and oxygen atoms in total. The minimum atomic E-state index is 0.263. The highest BCUT2D eigenvalue weighted by atomic mass is 35.5. The average molecular weight is 185 g/mol. The van der Waals surface area contributed by atoms with Gasteiger partial charge in [-0.1, -0.05) is 5.16 Å². The molecule has 2 aromatic heterocycles. The predicted molar refractivity (Wildman–Crippen MR) is 41.7 cm³/mol. The van der Waals surface area contributed by atoms with E-state index >= 15 is 0 Å². The molecule has 0 saturated carbocycles. The second-order valence-electron chi connectivity index (χ2n) is 2.25. The van der Waals surface area contributed by atoms with Crippen LogP contribution in [-0.2, 0) is 0 Å². The fourth-order valence-electron chi connectivity index (χ4n) is 0.853. The minimum Gasteiger partial charge on any atom is -0.452 e. The predicted octanol–water partition coefficient (Wildman–Crippen LogP) is 2.29. The number of halogens is 1. The number of nitrogens with zero attached hydrogens (tertiary/aromatic N) is 2. The summed E-state index contributed by atoms with van der Waals surface area (Å²) < 4.78 is 9.75. The van der Waals surface area contributed by atoms with Crippen molar-refractivity contribution >= 4 is 11.6 Å². The van der Waals surface area contributed by atoms with Crippen LogP contribution < -0.4 is 0 Å². The van der Waals surface area contributed by atoms with Crippen molar-refractivity contribution in [1.29, 1.82) is 0 Å². The van der Waals surface area contributed by atoms with Gasteiger partial charge in [0.2, 0.25) is 5.22 Å². The van der Waals surface area contributed by atoms with Crippen molar-refractivity contribution in [3.05, 3.63) is 23.4 Å². The molecule has 0 aromatic carbocycles. The third-order valence-corrected chi connectivity index (χ3v) is 1.67. The highest BCUT2D eigenvalue weighted by Crippen LogP contribution is 2.26. The monoisotopic (exact) mass is 184 g/mol. The Morgan fingerprint density at radius 3 is 2.83 bits per heavy atom. The lowest BCUT2D eigenvalue weighted by molar-refractivity contribution is 0.425. The highest BCUT2D eigenvalue weighted by Gasteiger charge is 2.12. The summed E-state index contributed by atoms with van der Waals surface area (Å²) in [5.41, 5.74) is 0.622. The maximum atomic E-state index is 5.69. The van der Waals surface area contributed by atoms with E-state index in [1.165, 1.54) is 6.26 Å². The molecular formula is C7H5ClN2O2. The molecule has 0 spiro atoms. The summed E-state index contributed by atoms with van der Waals surface area (Å²) in [7, 11) is 0. The van der Waals surface area contributed by atoms with E-state index in [4.69, 9.17) is 20.5 Å². The Labute approximate surface area is 73.1 Å². The minimum absolute atomic E-state index is 0.263. The van der Waals surface area contributed by atoms with Crippen LogP contribution in [0, 0.1) is 6.92 Å². The second kappa shape index (κ2) is 2.64. The van der Waals surface area contributed by atoms with Gasteiger partial charge in [0, 0.05) is 0 Å². The topological polar surface area (TPSA) is 52.1 Å². The zero-order valence-electron chi connectivity index (χ0n) is 6.24. The fourth-order valence-corrected chi connectivity index (χ4v) is 1.05. The Hall–Kier alpha value is -1.29. The lowest BCUT2D eigenvalue weighted by atomic mass is 10.3. The van der Waals surface area contributed by atoms with E-state index in [1.807, 2.05) is 0 Å². The van der Waals surface area contributed by atoms with Crippen molar-refractivity contribution in [3.8, 4) is 11.5 Å². The van der Waals surface area contributed by atoms with E-state index in [2.05, 4.69) is 10.1 Å². The molecule has 0 bridgehead atoms.